The van der Waals surface area contributed by atoms with Gasteiger partial charge in [-0.3, -0.25) is 4.79 Å². The molecule has 0 bridgehead atoms. The molecule has 1 aliphatic carbocycles. The fraction of sp³-hybridized carbons (Fsp3) is 0.500. The summed E-state index contributed by atoms with van der Waals surface area (Å²) in [5.74, 6) is 0.884. The summed E-state index contributed by atoms with van der Waals surface area (Å²) in [6.45, 7) is 2.05. The van der Waals surface area contributed by atoms with E-state index in [1.165, 1.54) is 18.4 Å². The maximum atomic E-state index is 11.8. The Morgan fingerprint density at radius 1 is 1.44 bits per heavy atom. The van der Waals surface area contributed by atoms with Crippen molar-refractivity contribution in [1.82, 2.24) is 0 Å². The Hall–Kier alpha value is -1.15. The lowest BCUT2D eigenvalue weighted by Crippen LogP contribution is -2.26. The topological polar surface area (TPSA) is 43.1 Å². The van der Waals surface area contributed by atoms with Gasteiger partial charge < -0.3 is 5.73 Å². The summed E-state index contributed by atoms with van der Waals surface area (Å²) in [5, 5.41) is 0. The third kappa shape index (κ3) is 2.92. The van der Waals surface area contributed by atoms with Crippen LogP contribution in [0, 0.1) is 12.8 Å². The Balaban J connectivity index is 1.89. The molecule has 2 nitrogen and oxygen atoms in total. The van der Waals surface area contributed by atoms with Gasteiger partial charge in [0.15, 0.2) is 0 Å². The minimum absolute atomic E-state index is 0.0940. The van der Waals surface area contributed by atoms with Crippen molar-refractivity contribution in [2.45, 2.75) is 38.6 Å². The second-order valence-electron chi connectivity index (χ2n) is 4.85. The predicted octanol–water partition coefficient (Wildman–Crippen LogP) is 2.23. The highest BCUT2D eigenvalue weighted by Gasteiger charge is 2.29. The first kappa shape index (κ1) is 11.3. The summed E-state index contributed by atoms with van der Waals surface area (Å²) >= 11 is 0. The van der Waals surface area contributed by atoms with Crippen LogP contribution in [0.25, 0.3) is 0 Å². The second-order valence-corrected chi connectivity index (χ2v) is 4.85. The van der Waals surface area contributed by atoms with Crippen molar-refractivity contribution in [1.29, 1.82) is 0 Å². The van der Waals surface area contributed by atoms with Gasteiger partial charge in [0.25, 0.3) is 0 Å². The van der Waals surface area contributed by atoms with Crippen LogP contribution in [-0.4, -0.2) is 11.8 Å². The molecule has 2 rings (SSSR count). The fourth-order valence-corrected chi connectivity index (χ4v) is 2.05. The van der Waals surface area contributed by atoms with Crippen molar-refractivity contribution in [3.05, 3.63) is 35.4 Å². The molecule has 1 fully saturated rings. The summed E-state index contributed by atoms with van der Waals surface area (Å²) in [5.41, 5.74) is 8.28. The van der Waals surface area contributed by atoms with Gasteiger partial charge in [-0.15, -0.1) is 0 Å². The number of hydrogen-bond acceptors (Lipinski definition) is 2. The zero-order chi connectivity index (χ0) is 11.5. The van der Waals surface area contributed by atoms with E-state index in [9.17, 15) is 4.79 Å². The Bertz CT molecular complexity index is 382. The molecule has 1 aliphatic rings. The first-order valence-corrected chi connectivity index (χ1v) is 5.98. The molecule has 0 heterocycles. The van der Waals surface area contributed by atoms with Crippen molar-refractivity contribution in [2.75, 3.05) is 0 Å². The van der Waals surface area contributed by atoms with Crippen LogP contribution >= 0.6 is 0 Å². The third-order valence-corrected chi connectivity index (χ3v) is 3.34. The number of Topliss-reactive ketones (excluding diaryl/α,β-unsaturated/α-hetero) is 1. The zero-order valence-corrected chi connectivity index (χ0v) is 9.78. The van der Waals surface area contributed by atoms with E-state index in [0.29, 0.717) is 18.8 Å². The molecule has 0 aromatic heterocycles. The van der Waals surface area contributed by atoms with E-state index < -0.39 is 0 Å². The van der Waals surface area contributed by atoms with Gasteiger partial charge >= 0.3 is 0 Å². The van der Waals surface area contributed by atoms with E-state index in [0.717, 1.165) is 5.56 Å². The molecule has 0 amide bonds. The molecule has 1 aromatic carbocycles. The van der Waals surface area contributed by atoms with Gasteiger partial charge in [-0.25, -0.2) is 0 Å². The molecule has 0 aliphatic heterocycles. The zero-order valence-electron chi connectivity index (χ0n) is 9.78. The molecule has 0 radical (unpaired) electrons. The molecule has 1 saturated carbocycles. The molecule has 1 atom stereocenters. The Kier molecular flexibility index (Phi) is 3.39. The van der Waals surface area contributed by atoms with Crippen molar-refractivity contribution in [2.24, 2.45) is 11.7 Å². The Labute approximate surface area is 96.8 Å². The van der Waals surface area contributed by atoms with Crippen LogP contribution in [0.4, 0.5) is 0 Å². The van der Waals surface area contributed by atoms with E-state index in [-0.39, 0.29) is 11.8 Å². The third-order valence-electron chi connectivity index (χ3n) is 3.34. The first-order valence-electron chi connectivity index (χ1n) is 5.98. The average molecular weight is 217 g/mol. The number of carbonyl (C=O) groups excluding carboxylic acids is 1. The number of ketones is 1. The van der Waals surface area contributed by atoms with Crippen LogP contribution in [0.15, 0.2) is 24.3 Å². The fourth-order valence-electron chi connectivity index (χ4n) is 2.05. The SMILES string of the molecule is Cc1ccccc1CC(=O)CC(N)C1CC1. The highest BCUT2D eigenvalue weighted by molar-refractivity contribution is 5.81. The number of rotatable bonds is 5. The molecule has 2 heteroatoms. The van der Waals surface area contributed by atoms with Crippen LogP contribution in [0.1, 0.15) is 30.4 Å². The normalized spacial score (nSPS) is 17.1. The van der Waals surface area contributed by atoms with Gasteiger partial charge in [0.2, 0.25) is 0 Å². The van der Waals surface area contributed by atoms with Crippen LogP contribution < -0.4 is 5.73 Å². The molecule has 2 N–H and O–H groups in total. The summed E-state index contributed by atoms with van der Waals surface area (Å²) in [6.07, 6.45) is 3.49. The molecule has 0 spiro atoms. The summed E-state index contributed by atoms with van der Waals surface area (Å²) in [6, 6.07) is 8.14. The number of nitrogens with two attached hydrogens (primary N) is 1. The lowest BCUT2D eigenvalue weighted by Gasteiger charge is -2.10. The minimum atomic E-state index is 0.0940. The van der Waals surface area contributed by atoms with E-state index in [2.05, 4.69) is 0 Å². The number of hydrogen-bond donors (Lipinski definition) is 1. The highest BCUT2D eigenvalue weighted by Crippen LogP contribution is 2.33. The highest BCUT2D eigenvalue weighted by atomic mass is 16.1. The second kappa shape index (κ2) is 4.79. The molecule has 86 valence electrons. The summed E-state index contributed by atoms with van der Waals surface area (Å²) < 4.78 is 0. The van der Waals surface area contributed by atoms with Crippen molar-refractivity contribution in [3.8, 4) is 0 Å². The van der Waals surface area contributed by atoms with Crippen molar-refractivity contribution in [3.63, 3.8) is 0 Å². The van der Waals surface area contributed by atoms with Gasteiger partial charge in [0, 0.05) is 18.9 Å². The van der Waals surface area contributed by atoms with Gasteiger partial charge in [-0.1, -0.05) is 24.3 Å². The van der Waals surface area contributed by atoms with E-state index in [4.69, 9.17) is 5.73 Å². The molecule has 16 heavy (non-hydrogen) atoms. The molecule has 0 saturated heterocycles. The first-order chi connectivity index (χ1) is 7.66. The van der Waals surface area contributed by atoms with Crippen molar-refractivity contribution >= 4 is 5.78 Å². The minimum Gasteiger partial charge on any atom is -0.327 e. The van der Waals surface area contributed by atoms with Gasteiger partial charge in [0.05, 0.1) is 0 Å². The monoisotopic (exact) mass is 217 g/mol. The predicted molar refractivity (Wildman–Crippen MR) is 65.2 cm³/mol. The maximum absolute atomic E-state index is 11.8. The summed E-state index contributed by atoms with van der Waals surface area (Å²) in [7, 11) is 0. The van der Waals surface area contributed by atoms with E-state index >= 15 is 0 Å². The maximum Gasteiger partial charge on any atom is 0.138 e. The van der Waals surface area contributed by atoms with Crippen LogP contribution in [-0.2, 0) is 11.2 Å². The molecular formula is C14H19NO. The van der Waals surface area contributed by atoms with Gasteiger partial charge in [0.1, 0.15) is 5.78 Å². The van der Waals surface area contributed by atoms with Crippen LogP contribution in [0.5, 0.6) is 0 Å². The number of carbonyl (C=O) groups is 1. The number of benzene rings is 1. The quantitative estimate of drug-likeness (QED) is 0.822. The van der Waals surface area contributed by atoms with E-state index in [1.54, 1.807) is 0 Å². The Morgan fingerprint density at radius 3 is 2.75 bits per heavy atom. The van der Waals surface area contributed by atoms with Gasteiger partial charge in [-0.05, 0) is 36.8 Å². The number of aryl methyl sites for hydroxylation is 1. The molecular weight excluding hydrogens is 198 g/mol. The van der Waals surface area contributed by atoms with Crippen LogP contribution in [0.2, 0.25) is 0 Å². The Morgan fingerprint density at radius 2 is 2.12 bits per heavy atom. The summed E-state index contributed by atoms with van der Waals surface area (Å²) in [4.78, 5) is 11.8. The lowest BCUT2D eigenvalue weighted by atomic mass is 9.98. The van der Waals surface area contributed by atoms with Crippen LogP contribution in [0.3, 0.4) is 0 Å². The van der Waals surface area contributed by atoms with Crippen molar-refractivity contribution < 1.29 is 4.79 Å². The van der Waals surface area contributed by atoms with Gasteiger partial charge in [-0.2, -0.15) is 0 Å². The smallest absolute Gasteiger partial charge is 0.138 e. The molecule has 1 unspecified atom stereocenters. The standard InChI is InChI=1S/C14H19NO/c1-10-4-2-3-5-12(10)8-13(16)9-14(15)11-6-7-11/h2-5,11,14H,6-9,15H2,1H3. The largest absolute Gasteiger partial charge is 0.327 e. The lowest BCUT2D eigenvalue weighted by molar-refractivity contribution is -0.118. The molecule has 1 aromatic rings. The average Bonchev–Trinajstić information content (AvgIpc) is 3.04. The van der Waals surface area contributed by atoms with E-state index in [1.807, 2.05) is 31.2 Å².